The minimum absolute atomic E-state index is 0.0314. The second kappa shape index (κ2) is 28.5. The number of hydrogen-bond acceptors (Lipinski definition) is 14. The SMILES string of the molecule is CC(C)[C@H](NC(=O)CCOCCOCCOCCOCCNC(=O)CN1C(=O)C=CC1O)C(=O)N[C@@H](CCCNC(N)=O)C(=O)Nc1ccc(C(O)C(=O)N2CCN(C)CC2)cc1. The van der Waals surface area contributed by atoms with Crippen LogP contribution in [0.5, 0.6) is 0 Å². The number of benzene rings is 1. The molecule has 352 valence electrons. The minimum Gasteiger partial charge on any atom is -0.379 e. The summed E-state index contributed by atoms with van der Waals surface area (Å²) in [5.41, 5.74) is 5.90. The molecule has 4 atom stereocenters. The molecule has 3 rings (SSSR count). The summed E-state index contributed by atoms with van der Waals surface area (Å²) in [5, 5.41) is 33.6. The number of piperazine rings is 1. The number of likely N-dealkylation sites (N-methyl/N-ethyl adjacent to an activating group) is 1. The molecule has 0 aliphatic carbocycles. The number of nitrogens with zero attached hydrogens (tertiary/aromatic N) is 3. The molecule has 1 fully saturated rings. The zero-order chi connectivity index (χ0) is 46.1. The van der Waals surface area contributed by atoms with Crippen LogP contribution in [0.15, 0.2) is 36.4 Å². The van der Waals surface area contributed by atoms with Gasteiger partial charge in [0.05, 0.1) is 52.9 Å². The molecular formula is C41H65N9O13. The van der Waals surface area contributed by atoms with Gasteiger partial charge in [-0.2, -0.15) is 0 Å². The van der Waals surface area contributed by atoms with Crippen LogP contribution in [-0.2, 0) is 47.7 Å². The number of aliphatic hydroxyl groups excluding tert-OH is 2. The molecule has 1 aromatic carbocycles. The highest BCUT2D eigenvalue weighted by molar-refractivity contribution is 5.98. The Labute approximate surface area is 367 Å². The Bertz CT molecular complexity index is 1660. The third kappa shape index (κ3) is 19.8. The lowest BCUT2D eigenvalue weighted by atomic mass is 10.0. The molecule has 0 aromatic heterocycles. The van der Waals surface area contributed by atoms with Gasteiger partial charge in [-0.15, -0.1) is 0 Å². The normalized spacial score (nSPS) is 16.7. The Morgan fingerprint density at radius 2 is 1.40 bits per heavy atom. The minimum atomic E-state index is -1.36. The van der Waals surface area contributed by atoms with E-state index in [1.54, 1.807) is 43.0 Å². The lowest BCUT2D eigenvalue weighted by molar-refractivity contribution is -0.142. The second-order valence-corrected chi connectivity index (χ2v) is 15.2. The predicted molar refractivity (Wildman–Crippen MR) is 227 cm³/mol. The van der Waals surface area contributed by atoms with Crippen LogP contribution in [0.25, 0.3) is 0 Å². The molecule has 0 radical (unpaired) electrons. The first kappa shape index (κ1) is 52.1. The van der Waals surface area contributed by atoms with Gasteiger partial charge in [-0.3, -0.25) is 28.8 Å². The van der Waals surface area contributed by atoms with Crippen LogP contribution >= 0.6 is 0 Å². The molecule has 2 heterocycles. The zero-order valence-electron chi connectivity index (χ0n) is 36.4. The van der Waals surface area contributed by atoms with Gasteiger partial charge in [0.2, 0.25) is 29.5 Å². The molecule has 0 saturated carbocycles. The van der Waals surface area contributed by atoms with Crippen LogP contribution < -0.4 is 32.3 Å². The van der Waals surface area contributed by atoms with Crippen LogP contribution in [0.2, 0.25) is 0 Å². The van der Waals surface area contributed by atoms with Crippen LogP contribution in [0, 0.1) is 5.92 Å². The number of nitrogens with two attached hydrogens (primary N) is 1. The van der Waals surface area contributed by atoms with Crippen LogP contribution in [0.4, 0.5) is 10.5 Å². The summed E-state index contributed by atoms with van der Waals surface area (Å²) in [4.78, 5) is 92.0. The average Bonchev–Trinajstić information content (AvgIpc) is 3.56. The van der Waals surface area contributed by atoms with Crippen molar-refractivity contribution in [2.75, 3.05) is 111 Å². The molecule has 2 aliphatic heterocycles. The summed E-state index contributed by atoms with van der Waals surface area (Å²) >= 11 is 0. The van der Waals surface area contributed by atoms with Gasteiger partial charge >= 0.3 is 6.03 Å². The number of amides is 8. The summed E-state index contributed by atoms with van der Waals surface area (Å²) < 4.78 is 21.8. The molecule has 63 heavy (non-hydrogen) atoms. The van der Waals surface area contributed by atoms with Gasteiger partial charge in [-0.25, -0.2) is 4.79 Å². The maximum Gasteiger partial charge on any atom is 0.312 e. The van der Waals surface area contributed by atoms with Gasteiger partial charge in [-0.1, -0.05) is 26.0 Å². The van der Waals surface area contributed by atoms with E-state index < -0.39 is 65.9 Å². The highest BCUT2D eigenvalue weighted by Gasteiger charge is 2.30. The second-order valence-electron chi connectivity index (χ2n) is 15.2. The fraction of sp³-hybridized carbons (Fsp3) is 0.634. The number of primary amides is 1. The van der Waals surface area contributed by atoms with Gasteiger partial charge in [-0.05, 0) is 49.6 Å². The maximum absolute atomic E-state index is 13.5. The molecule has 8 amide bonds. The third-order valence-corrected chi connectivity index (χ3v) is 9.90. The van der Waals surface area contributed by atoms with E-state index in [9.17, 15) is 43.8 Å². The highest BCUT2D eigenvalue weighted by atomic mass is 16.6. The van der Waals surface area contributed by atoms with Crippen molar-refractivity contribution in [1.29, 1.82) is 0 Å². The molecule has 0 bridgehead atoms. The summed E-state index contributed by atoms with van der Waals surface area (Å²) in [6.45, 7) is 8.12. The number of carbonyl (C=O) groups excluding carboxylic acids is 7. The number of aliphatic hydroxyl groups is 2. The van der Waals surface area contributed by atoms with Gasteiger partial charge in [0.15, 0.2) is 6.10 Å². The van der Waals surface area contributed by atoms with E-state index in [1.807, 2.05) is 7.05 Å². The quantitative estimate of drug-likeness (QED) is 0.0397. The van der Waals surface area contributed by atoms with Gasteiger partial charge < -0.3 is 76.2 Å². The third-order valence-electron chi connectivity index (χ3n) is 9.90. The van der Waals surface area contributed by atoms with Crippen LogP contribution in [0.3, 0.4) is 0 Å². The van der Waals surface area contributed by atoms with Gasteiger partial charge in [0.1, 0.15) is 24.9 Å². The van der Waals surface area contributed by atoms with E-state index in [1.165, 1.54) is 12.2 Å². The number of carbonyl (C=O) groups is 7. The highest BCUT2D eigenvalue weighted by Crippen LogP contribution is 2.20. The summed E-state index contributed by atoms with van der Waals surface area (Å²) in [7, 11) is 1.97. The summed E-state index contributed by atoms with van der Waals surface area (Å²) in [6.07, 6.45) is 0.452. The van der Waals surface area contributed by atoms with E-state index in [0.717, 1.165) is 4.90 Å². The summed E-state index contributed by atoms with van der Waals surface area (Å²) in [6, 6.07) is 3.42. The zero-order valence-corrected chi connectivity index (χ0v) is 36.4. The van der Waals surface area contributed by atoms with Crippen molar-refractivity contribution in [2.24, 2.45) is 11.7 Å². The fourth-order valence-corrected chi connectivity index (χ4v) is 6.22. The molecule has 9 N–H and O–H groups in total. The van der Waals surface area contributed by atoms with E-state index in [-0.39, 0.29) is 64.8 Å². The Morgan fingerprint density at radius 3 is 1.97 bits per heavy atom. The summed E-state index contributed by atoms with van der Waals surface area (Å²) in [5.74, 6) is -3.14. The van der Waals surface area contributed by atoms with E-state index in [0.29, 0.717) is 70.3 Å². The first-order valence-electron chi connectivity index (χ1n) is 21.1. The average molecular weight is 892 g/mol. The number of anilines is 1. The number of ether oxygens (including phenoxy) is 4. The molecule has 2 unspecified atom stereocenters. The lowest BCUT2D eigenvalue weighted by Gasteiger charge is -2.33. The van der Waals surface area contributed by atoms with Crippen LogP contribution in [0.1, 0.15) is 44.8 Å². The van der Waals surface area contributed by atoms with Gasteiger partial charge in [0, 0.05) is 57.5 Å². The molecule has 1 aromatic rings. The number of hydrogen-bond donors (Lipinski definition) is 8. The van der Waals surface area contributed by atoms with Crippen molar-refractivity contribution in [3.05, 3.63) is 42.0 Å². The monoisotopic (exact) mass is 891 g/mol. The lowest BCUT2D eigenvalue weighted by Crippen LogP contribution is -2.54. The first-order valence-corrected chi connectivity index (χ1v) is 21.1. The van der Waals surface area contributed by atoms with Crippen molar-refractivity contribution in [3.63, 3.8) is 0 Å². The van der Waals surface area contributed by atoms with Crippen molar-refractivity contribution in [1.82, 2.24) is 36.0 Å². The Kier molecular flexibility index (Phi) is 23.5. The van der Waals surface area contributed by atoms with Crippen molar-refractivity contribution in [2.45, 2.75) is 57.5 Å². The number of rotatable bonds is 29. The van der Waals surface area contributed by atoms with Crippen molar-refractivity contribution in [3.8, 4) is 0 Å². The number of urea groups is 1. The van der Waals surface area contributed by atoms with Crippen molar-refractivity contribution >= 4 is 47.2 Å². The van der Waals surface area contributed by atoms with Crippen molar-refractivity contribution < 1.29 is 62.7 Å². The predicted octanol–water partition coefficient (Wildman–Crippen LogP) is -2.20. The topological polar surface area (TPSA) is 293 Å². The van der Waals surface area contributed by atoms with Gasteiger partial charge in [0.25, 0.3) is 5.91 Å². The Hall–Kier alpha value is -5.23. The molecule has 1 saturated heterocycles. The maximum atomic E-state index is 13.5. The molecule has 22 heteroatoms. The largest absolute Gasteiger partial charge is 0.379 e. The fourth-order valence-electron chi connectivity index (χ4n) is 6.22. The Balaban J connectivity index is 1.31. The molecule has 0 spiro atoms. The molecular weight excluding hydrogens is 827 g/mol. The number of nitrogens with one attached hydrogen (secondary N) is 5. The Morgan fingerprint density at radius 1 is 0.794 bits per heavy atom. The first-order chi connectivity index (χ1) is 30.2. The standard InChI is InChI=1S/C41H65N9O13/c1-28(2)36(47-32(51)12-19-60-21-23-62-25-26-63-24-22-61-20-14-43-33(52)27-50-34(53)10-11-35(50)54)39(57)46-31(5-4-13-44-41(42)59)38(56)45-30-8-6-29(7-9-30)37(55)40(58)49-17-15-48(3)16-18-49/h6-11,28,31,34,36-37,53,55H,4-5,12-27H2,1-3H3,(H,43,52)(H,45,56)(H,46,57)(H,47,51)(H3,42,44,59)/t31-,34?,36-,37?/m0/s1. The molecule has 2 aliphatic rings. The van der Waals surface area contributed by atoms with E-state index in [4.69, 9.17) is 24.7 Å². The molecule has 22 nitrogen and oxygen atoms in total. The van der Waals surface area contributed by atoms with E-state index in [2.05, 4.69) is 31.5 Å². The smallest absolute Gasteiger partial charge is 0.312 e. The van der Waals surface area contributed by atoms with Crippen LogP contribution in [-0.4, -0.2) is 190 Å². The van der Waals surface area contributed by atoms with E-state index >= 15 is 0 Å².